The maximum atomic E-state index is 12.7. The summed E-state index contributed by atoms with van der Waals surface area (Å²) in [5.74, 6) is 1.57. The van der Waals surface area contributed by atoms with Gasteiger partial charge in [0.05, 0.1) is 11.4 Å². The Morgan fingerprint density at radius 2 is 1.19 bits per heavy atom. The molecule has 2 fully saturated rings. The highest BCUT2D eigenvalue weighted by molar-refractivity contribution is 6.00. The summed E-state index contributed by atoms with van der Waals surface area (Å²) >= 11 is 0. The van der Waals surface area contributed by atoms with E-state index in [-0.39, 0.29) is 23.7 Å². The smallest absolute Gasteiger partial charge is 0.227 e. The van der Waals surface area contributed by atoms with Gasteiger partial charge in [0.1, 0.15) is 0 Å². The Morgan fingerprint density at radius 3 is 1.58 bits per heavy atom. The second-order valence-corrected chi connectivity index (χ2v) is 8.46. The van der Waals surface area contributed by atoms with Gasteiger partial charge in [0, 0.05) is 11.8 Å². The van der Waals surface area contributed by atoms with Crippen LogP contribution in [0.15, 0.2) is 24.3 Å². The predicted molar refractivity (Wildman–Crippen MR) is 106 cm³/mol. The van der Waals surface area contributed by atoms with Crippen molar-refractivity contribution in [2.45, 2.75) is 65.2 Å². The molecule has 2 saturated carbocycles. The molecule has 2 N–H and O–H groups in total. The maximum absolute atomic E-state index is 12.7. The van der Waals surface area contributed by atoms with Gasteiger partial charge in [0.25, 0.3) is 0 Å². The largest absolute Gasteiger partial charge is 0.324 e. The first-order valence-electron chi connectivity index (χ1n) is 10.2. The molecule has 4 unspecified atom stereocenters. The summed E-state index contributed by atoms with van der Waals surface area (Å²) in [6.07, 6.45) is 8.53. The lowest BCUT2D eigenvalue weighted by Gasteiger charge is -2.27. The molecule has 4 heteroatoms. The average molecular weight is 357 g/mol. The molecule has 0 saturated heterocycles. The molecule has 4 atom stereocenters. The van der Waals surface area contributed by atoms with E-state index in [9.17, 15) is 9.59 Å². The quantitative estimate of drug-likeness (QED) is 0.777. The van der Waals surface area contributed by atoms with E-state index in [1.165, 1.54) is 12.8 Å². The Hall–Kier alpha value is -1.84. The highest BCUT2D eigenvalue weighted by Crippen LogP contribution is 2.32. The highest BCUT2D eigenvalue weighted by Gasteiger charge is 2.27. The molecular weight excluding hydrogens is 324 g/mol. The van der Waals surface area contributed by atoms with Crippen molar-refractivity contribution >= 4 is 23.2 Å². The first kappa shape index (κ1) is 18.9. The van der Waals surface area contributed by atoms with Gasteiger partial charge in [-0.25, -0.2) is 0 Å². The van der Waals surface area contributed by atoms with Crippen molar-refractivity contribution in [3.63, 3.8) is 0 Å². The van der Waals surface area contributed by atoms with E-state index in [0.717, 1.165) is 38.5 Å². The maximum Gasteiger partial charge on any atom is 0.227 e. The number of para-hydroxylation sites is 2. The molecule has 26 heavy (non-hydrogen) atoms. The number of anilines is 2. The van der Waals surface area contributed by atoms with Gasteiger partial charge in [-0.2, -0.15) is 0 Å². The molecule has 4 nitrogen and oxygen atoms in total. The number of carbonyl (C=O) groups is 2. The van der Waals surface area contributed by atoms with Gasteiger partial charge >= 0.3 is 0 Å². The predicted octanol–water partition coefficient (Wildman–Crippen LogP) is 5.22. The van der Waals surface area contributed by atoms with Crippen LogP contribution in [-0.4, -0.2) is 11.8 Å². The van der Waals surface area contributed by atoms with E-state index in [1.54, 1.807) is 0 Å². The normalized spacial score (nSPS) is 29.0. The lowest BCUT2D eigenvalue weighted by Crippen LogP contribution is -2.29. The van der Waals surface area contributed by atoms with E-state index in [0.29, 0.717) is 23.2 Å². The van der Waals surface area contributed by atoms with Crippen molar-refractivity contribution in [3.05, 3.63) is 24.3 Å². The SMILES string of the molecule is CC1CCCC(C(=O)Nc2ccccc2NC(=O)C2CCCC(C)C2)C1. The van der Waals surface area contributed by atoms with Crippen molar-refractivity contribution < 1.29 is 9.59 Å². The zero-order valence-electron chi connectivity index (χ0n) is 16.1. The van der Waals surface area contributed by atoms with Gasteiger partial charge in [0.2, 0.25) is 11.8 Å². The fourth-order valence-electron chi connectivity index (χ4n) is 4.52. The summed E-state index contributed by atoms with van der Waals surface area (Å²) in [4.78, 5) is 25.3. The fraction of sp³-hybridized carbons (Fsp3) is 0.636. The Morgan fingerprint density at radius 1 is 0.769 bits per heavy atom. The van der Waals surface area contributed by atoms with Crippen molar-refractivity contribution in [3.8, 4) is 0 Å². The number of hydrogen-bond donors (Lipinski definition) is 2. The van der Waals surface area contributed by atoms with Crippen LogP contribution in [0.25, 0.3) is 0 Å². The molecule has 0 aliphatic heterocycles. The van der Waals surface area contributed by atoms with Crippen molar-refractivity contribution in [2.75, 3.05) is 10.6 Å². The molecule has 0 bridgehead atoms. The zero-order valence-corrected chi connectivity index (χ0v) is 16.1. The summed E-state index contributed by atoms with van der Waals surface area (Å²) in [6.45, 7) is 4.44. The highest BCUT2D eigenvalue weighted by atomic mass is 16.2. The van der Waals surface area contributed by atoms with E-state index in [1.807, 2.05) is 24.3 Å². The minimum Gasteiger partial charge on any atom is -0.324 e. The van der Waals surface area contributed by atoms with Crippen LogP contribution in [0, 0.1) is 23.7 Å². The molecule has 0 spiro atoms. The Kier molecular flexibility index (Phi) is 6.33. The minimum absolute atomic E-state index is 0.0849. The van der Waals surface area contributed by atoms with Crippen LogP contribution in [0.3, 0.4) is 0 Å². The van der Waals surface area contributed by atoms with Crippen molar-refractivity contribution in [1.82, 2.24) is 0 Å². The molecule has 3 rings (SSSR count). The summed E-state index contributed by atoms with van der Waals surface area (Å²) in [5.41, 5.74) is 1.43. The Bertz CT molecular complexity index is 588. The first-order chi connectivity index (χ1) is 12.5. The van der Waals surface area contributed by atoms with Gasteiger partial charge in [-0.1, -0.05) is 51.7 Å². The third-order valence-corrected chi connectivity index (χ3v) is 6.06. The zero-order chi connectivity index (χ0) is 18.5. The van der Waals surface area contributed by atoms with Crippen LogP contribution in [0.4, 0.5) is 11.4 Å². The van der Waals surface area contributed by atoms with E-state index in [4.69, 9.17) is 0 Å². The van der Waals surface area contributed by atoms with Gasteiger partial charge in [-0.15, -0.1) is 0 Å². The van der Waals surface area contributed by atoms with Crippen LogP contribution in [0.1, 0.15) is 65.2 Å². The van der Waals surface area contributed by atoms with E-state index in [2.05, 4.69) is 24.5 Å². The van der Waals surface area contributed by atoms with Crippen molar-refractivity contribution in [1.29, 1.82) is 0 Å². The van der Waals surface area contributed by atoms with Crippen molar-refractivity contribution in [2.24, 2.45) is 23.7 Å². The van der Waals surface area contributed by atoms with E-state index >= 15 is 0 Å². The molecule has 1 aromatic carbocycles. The number of benzene rings is 1. The second kappa shape index (κ2) is 8.70. The number of rotatable bonds is 4. The van der Waals surface area contributed by atoms with Crippen LogP contribution in [0.5, 0.6) is 0 Å². The topological polar surface area (TPSA) is 58.2 Å². The molecule has 0 heterocycles. The van der Waals surface area contributed by atoms with E-state index < -0.39 is 0 Å². The Balaban J connectivity index is 1.64. The molecule has 2 aliphatic rings. The summed E-state index contributed by atoms with van der Waals surface area (Å²) in [5, 5.41) is 6.13. The number of hydrogen-bond acceptors (Lipinski definition) is 2. The van der Waals surface area contributed by atoms with Gasteiger partial charge < -0.3 is 10.6 Å². The molecule has 0 aromatic heterocycles. The van der Waals surface area contributed by atoms with Gasteiger partial charge in [0.15, 0.2) is 0 Å². The third-order valence-electron chi connectivity index (χ3n) is 6.06. The fourth-order valence-corrected chi connectivity index (χ4v) is 4.52. The van der Waals surface area contributed by atoms with Crippen LogP contribution in [0.2, 0.25) is 0 Å². The minimum atomic E-state index is 0.0849. The lowest BCUT2D eigenvalue weighted by molar-refractivity contribution is -0.122. The molecule has 1 aromatic rings. The molecule has 2 amide bonds. The summed E-state index contributed by atoms with van der Waals surface area (Å²) < 4.78 is 0. The van der Waals surface area contributed by atoms with Gasteiger partial charge in [-0.05, 0) is 49.7 Å². The Labute approximate surface area is 157 Å². The standard InChI is InChI=1S/C22H32N2O2/c1-15-7-5-9-17(13-15)21(25)23-19-11-3-4-12-20(19)24-22(26)18-10-6-8-16(2)14-18/h3-4,11-12,15-18H,5-10,13-14H2,1-2H3,(H,23,25)(H,24,26). The van der Waals surface area contributed by atoms with Crippen LogP contribution < -0.4 is 10.6 Å². The molecule has 2 aliphatic carbocycles. The number of carbonyl (C=O) groups excluding carboxylic acids is 2. The number of amides is 2. The molecule has 0 radical (unpaired) electrons. The second-order valence-electron chi connectivity index (χ2n) is 8.46. The average Bonchev–Trinajstić information content (AvgIpc) is 2.63. The van der Waals surface area contributed by atoms with Crippen LogP contribution >= 0.6 is 0 Å². The third kappa shape index (κ3) is 4.87. The first-order valence-corrected chi connectivity index (χ1v) is 10.2. The monoisotopic (exact) mass is 356 g/mol. The van der Waals surface area contributed by atoms with Gasteiger partial charge in [-0.3, -0.25) is 9.59 Å². The molecular formula is C22H32N2O2. The van der Waals surface area contributed by atoms with Crippen LogP contribution in [-0.2, 0) is 9.59 Å². The lowest BCUT2D eigenvalue weighted by atomic mass is 9.82. The summed E-state index contributed by atoms with van der Waals surface area (Å²) in [7, 11) is 0. The number of nitrogens with one attached hydrogen (secondary N) is 2. The summed E-state index contributed by atoms with van der Waals surface area (Å²) in [6, 6.07) is 7.56. The molecule has 142 valence electrons.